The summed E-state index contributed by atoms with van der Waals surface area (Å²) < 4.78 is 0.891. The fourth-order valence-electron chi connectivity index (χ4n) is 1.37. The molecule has 17 heavy (non-hydrogen) atoms. The van der Waals surface area contributed by atoms with E-state index in [1.54, 1.807) is 0 Å². The molecular weight excluding hydrogens is 304 g/mol. The number of halogens is 2. The van der Waals surface area contributed by atoms with Gasteiger partial charge in [0.1, 0.15) is 0 Å². The summed E-state index contributed by atoms with van der Waals surface area (Å²) in [5.41, 5.74) is 1.14. The van der Waals surface area contributed by atoms with Crippen LogP contribution in [-0.2, 0) is 11.3 Å². The molecule has 1 rings (SSSR count). The highest BCUT2D eigenvalue weighted by Crippen LogP contribution is 2.22. The summed E-state index contributed by atoms with van der Waals surface area (Å²) in [7, 11) is 0. The molecule has 1 aromatic rings. The zero-order valence-electron chi connectivity index (χ0n) is 9.72. The molecule has 94 valence electrons. The fourth-order valence-corrected chi connectivity index (χ4v) is 1.91. The van der Waals surface area contributed by atoms with Gasteiger partial charge in [-0.1, -0.05) is 17.7 Å². The Bertz CT molecular complexity index is 385. The highest BCUT2D eigenvalue weighted by atomic mass is 79.9. The van der Waals surface area contributed by atoms with Crippen molar-refractivity contribution < 1.29 is 4.79 Å². The monoisotopic (exact) mass is 318 g/mol. The number of hydrogen-bond donors (Lipinski definition) is 2. The third kappa shape index (κ3) is 5.52. The van der Waals surface area contributed by atoms with Crippen LogP contribution in [0.1, 0.15) is 18.9 Å². The topological polar surface area (TPSA) is 41.1 Å². The van der Waals surface area contributed by atoms with E-state index in [9.17, 15) is 4.79 Å². The van der Waals surface area contributed by atoms with Crippen LogP contribution in [0.4, 0.5) is 0 Å². The number of carbonyl (C=O) groups excluding carboxylic acids is 1. The maximum Gasteiger partial charge on any atom is 0.221 e. The van der Waals surface area contributed by atoms with E-state index in [2.05, 4.69) is 26.6 Å². The lowest BCUT2D eigenvalue weighted by molar-refractivity contribution is -0.120. The smallest absolute Gasteiger partial charge is 0.221 e. The minimum absolute atomic E-state index is 0.0808. The quantitative estimate of drug-likeness (QED) is 0.792. The molecule has 0 aliphatic carbocycles. The van der Waals surface area contributed by atoms with Gasteiger partial charge in [-0.15, -0.1) is 0 Å². The van der Waals surface area contributed by atoms with E-state index in [1.807, 2.05) is 25.1 Å². The number of rotatable bonds is 6. The van der Waals surface area contributed by atoms with E-state index >= 15 is 0 Å². The molecule has 0 aromatic heterocycles. The molecule has 0 aliphatic heterocycles. The molecule has 0 aliphatic rings. The summed E-state index contributed by atoms with van der Waals surface area (Å²) >= 11 is 9.27. The standard InChI is InChI=1S/C12H16BrClN2O/c1-2-16-12(17)5-6-15-8-9-3-4-11(14)10(13)7-9/h3-4,7,15H,2,5-6,8H2,1H3,(H,16,17). The zero-order chi connectivity index (χ0) is 12.7. The van der Waals surface area contributed by atoms with Gasteiger partial charge < -0.3 is 10.6 Å². The number of nitrogens with one attached hydrogen (secondary N) is 2. The van der Waals surface area contributed by atoms with Crippen molar-refractivity contribution in [2.24, 2.45) is 0 Å². The van der Waals surface area contributed by atoms with Gasteiger partial charge in [0.15, 0.2) is 0 Å². The van der Waals surface area contributed by atoms with Crippen molar-refractivity contribution >= 4 is 33.4 Å². The van der Waals surface area contributed by atoms with Crippen LogP contribution in [0.3, 0.4) is 0 Å². The Labute approximate surface area is 115 Å². The molecule has 0 spiro atoms. The minimum atomic E-state index is 0.0808. The SMILES string of the molecule is CCNC(=O)CCNCc1ccc(Cl)c(Br)c1. The second kappa shape index (κ2) is 7.69. The second-order valence-electron chi connectivity index (χ2n) is 3.63. The van der Waals surface area contributed by atoms with Gasteiger partial charge >= 0.3 is 0 Å². The van der Waals surface area contributed by atoms with E-state index in [0.717, 1.165) is 16.6 Å². The number of hydrogen-bond acceptors (Lipinski definition) is 2. The Balaban J connectivity index is 2.26. The molecular formula is C12H16BrClN2O. The van der Waals surface area contributed by atoms with Crippen molar-refractivity contribution in [1.29, 1.82) is 0 Å². The summed E-state index contributed by atoms with van der Waals surface area (Å²) in [6, 6.07) is 5.79. The van der Waals surface area contributed by atoms with Crippen LogP contribution in [0, 0.1) is 0 Å². The largest absolute Gasteiger partial charge is 0.356 e. The zero-order valence-corrected chi connectivity index (χ0v) is 12.1. The minimum Gasteiger partial charge on any atom is -0.356 e. The van der Waals surface area contributed by atoms with Crippen LogP contribution in [0.5, 0.6) is 0 Å². The van der Waals surface area contributed by atoms with Crippen LogP contribution in [0.25, 0.3) is 0 Å². The summed E-state index contributed by atoms with van der Waals surface area (Å²) in [5, 5.41) is 6.67. The number of carbonyl (C=O) groups is 1. The van der Waals surface area contributed by atoms with Crippen molar-refractivity contribution in [2.75, 3.05) is 13.1 Å². The predicted octanol–water partition coefficient (Wildman–Crippen LogP) is 2.72. The van der Waals surface area contributed by atoms with Crippen molar-refractivity contribution in [3.63, 3.8) is 0 Å². The molecule has 0 saturated heterocycles. The van der Waals surface area contributed by atoms with E-state index in [1.165, 1.54) is 0 Å². The van der Waals surface area contributed by atoms with Gasteiger partial charge in [-0.3, -0.25) is 4.79 Å². The molecule has 0 heterocycles. The molecule has 1 aromatic carbocycles. The van der Waals surface area contributed by atoms with Crippen LogP contribution >= 0.6 is 27.5 Å². The van der Waals surface area contributed by atoms with Crippen molar-refractivity contribution in [3.8, 4) is 0 Å². The summed E-state index contributed by atoms with van der Waals surface area (Å²) in [6.07, 6.45) is 0.503. The van der Waals surface area contributed by atoms with Crippen LogP contribution in [0.15, 0.2) is 22.7 Å². The summed E-state index contributed by atoms with van der Waals surface area (Å²) in [4.78, 5) is 11.2. The molecule has 0 unspecified atom stereocenters. The molecule has 0 atom stereocenters. The normalized spacial score (nSPS) is 10.3. The molecule has 0 saturated carbocycles. The third-order valence-corrected chi connectivity index (χ3v) is 3.43. The first-order chi connectivity index (χ1) is 8.13. The lowest BCUT2D eigenvalue weighted by Gasteiger charge is -2.06. The highest BCUT2D eigenvalue weighted by molar-refractivity contribution is 9.10. The van der Waals surface area contributed by atoms with Crippen molar-refractivity contribution in [1.82, 2.24) is 10.6 Å². The Hall–Kier alpha value is -0.580. The molecule has 0 fully saturated rings. The van der Waals surface area contributed by atoms with Crippen LogP contribution in [0.2, 0.25) is 5.02 Å². The summed E-state index contributed by atoms with van der Waals surface area (Å²) in [6.45, 7) is 4.00. The molecule has 2 N–H and O–H groups in total. The highest BCUT2D eigenvalue weighted by Gasteiger charge is 2.00. The number of benzene rings is 1. The maximum atomic E-state index is 11.2. The Morgan fingerprint density at radius 1 is 1.47 bits per heavy atom. The van der Waals surface area contributed by atoms with E-state index in [-0.39, 0.29) is 5.91 Å². The molecule has 1 amide bonds. The van der Waals surface area contributed by atoms with E-state index in [0.29, 0.717) is 24.5 Å². The Morgan fingerprint density at radius 3 is 2.88 bits per heavy atom. The molecule has 0 bridgehead atoms. The van der Waals surface area contributed by atoms with Crippen LogP contribution < -0.4 is 10.6 Å². The third-order valence-electron chi connectivity index (χ3n) is 2.22. The van der Waals surface area contributed by atoms with Gasteiger partial charge in [0, 0.05) is 30.5 Å². The lowest BCUT2D eigenvalue weighted by Crippen LogP contribution is -2.27. The van der Waals surface area contributed by atoms with E-state index in [4.69, 9.17) is 11.6 Å². The lowest BCUT2D eigenvalue weighted by atomic mass is 10.2. The molecule has 0 radical (unpaired) electrons. The van der Waals surface area contributed by atoms with Gasteiger partial charge in [-0.05, 0) is 40.5 Å². The maximum absolute atomic E-state index is 11.2. The molecule has 5 heteroatoms. The second-order valence-corrected chi connectivity index (χ2v) is 4.89. The average Bonchev–Trinajstić information content (AvgIpc) is 2.29. The van der Waals surface area contributed by atoms with Crippen LogP contribution in [-0.4, -0.2) is 19.0 Å². The first-order valence-corrected chi connectivity index (χ1v) is 6.72. The van der Waals surface area contributed by atoms with Crippen molar-refractivity contribution in [3.05, 3.63) is 33.3 Å². The molecule has 3 nitrogen and oxygen atoms in total. The Morgan fingerprint density at radius 2 is 2.24 bits per heavy atom. The fraction of sp³-hybridized carbons (Fsp3) is 0.417. The first kappa shape index (κ1) is 14.5. The number of amides is 1. The van der Waals surface area contributed by atoms with Gasteiger partial charge in [0.05, 0.1) is 5.02 Å². The van der Waals surface area contributed by atoms with E-state index < -0.39 is 0 Å². The predicted molar refractivity (Wildman–Crippen MR) is 74.2 cm³/mol. The van der Waals surface area contributed by atoms with Crippen molar-refractivity contribution in [2.45, 2.75) is 19.9 Å². The first-order valence-electron chi connectivity index (χ1n) is 5.54. The average molecular weight is 320 g/mol. The van der Waals surface area contributed by atoms with Gasteiger partial charge in [0.2, 0.25) is 5.91 Å². The summed E-state index contributed by atoms with van der Waals surface area (Å²) in [5.74, 6) is 0.0808. The van der Waals surface area contributed by atoms with Gasteiger partial charge in [-0.2, -0.15) is 0 Å². The van der Waals surface area contributed by atoms with Gasteiger partial charge in [0.25, 0.3) is 0 Å². The van der Waals surface area contributed by atoms with Gasteiger partial charge in [-0.25, -0.2) is 0 Å². The Kier molecular flexibility index (Phi) is 6.55.